The number of rotatable bonds is 3. The van der Waals surface area contributed by atoms with Gasteiger partial charge in [-0.3, -0.25) is 4.79 Å². The second kappa shape index (κ2) is 6.85. The normalized spacial score (nSPS) is 15.4. The number of allylic oxidation sites excluding steroid dienone is 2. The molecule has 0 atom stereocenters. The van der Waals surface area contributed by atoms with Gasteiger partial charge in [0.15, 0.2) is 0 Å². The van der Waals surface area contributed by atoms with Crippen LogP contribution in [0.2, 0.25) is 0 Å². The van der Waals surface area contributed by atoms with Gasteiger partial charge in [-0.1, -0.05) is 91.0 Å². The van der Waals surface area contributed by atoms with E-state index >= 15 is 0 Å². The van der Waals surface area contributed by atoms with Crippen molar-refractivity contribution in [2.45, 2.75) is 0 Å². The number of nitrogens with zero attached hydrogens (tertiary/aromatic N) is 1. The van der Waals surface area contributed by atoms with E-state index in [1.165, 1.54) is 0 Å². The van der Waals surface area contributed by atoms with E-state index < -0.39 is 0 Å². The van der Waals surface area contributed by atoms with E-state index in [9.17, 15) is 4.79 Å². The van der Waals surface area contributed by atoms with Crippen LogP contribution < -0.4 is 4.90 Å². The number of carbonyl (C=O) groups is 1. The molecule has 1 amide bonds. The molecule has 0 unspecified atom stereocenters. The highest BCUT2D eigenvalue weighted by Crippen LogP contribution is 2.40. The molecule has 4 rings (SSSR count). The maximum atomic E-state index is 13.0. The third-order valence-electron chi connectivity index (χ3n) is 4.65. The molecule has 1 aliphatic rings. The Morgan fingerprint density at radius 3 is 2.15 bits per heavy atom. The van der Waals surface area contributed by atoms with E-state index in [1.807, 2.05) is 85.9 Å². The van der Waals surface area contributed by atoms with E-state index in [-0.39, 0.29) is 5.91 Å². The Morgan fingerprint density at radius 1 is 0.808 bits per heavy atom. The number of hydrogen-bond acceptors (Lipinski definition) is 1. The molecule has 0 fully saturated rings. The van der Waals surface area contributed by atoms with Crippen molar-refractivity contribution in [3.63, 3.8) is 0 Å². The van der Waals surface area contributed by atoms with E-state index in [4.69, 9.17) is 0 Å². The van der Waals surface area contributed by atoms with Gasteiger partial charge in [0.05, 0.1) is 11.3 Å². The summed E-state index contributed by atoms with van der Waals surface area (Å²) in [6.45, 7) is 0. The van der Waals surface area contributed by atoms with Gasteiger partial charge < -0.3 is 4.90 Å². The summed E-state index contributed by atoms with van der Waals surface area (Å²) >= 11 is 0. The molecule has 0 saturated heterocycles. The van der Waals surface area contributed by atoms with Crippen molar-refractivity contribution < 1.29 is 4.79 Å². The molecular weight excluding hydrogens is 318 g/mol. The van der Waals surface area contributed by atoms with Crippen LogP contribution in [0.1, 0.15) is 16.7 Å². The number of anilines is 1. The predicted octanol–water partition coefficient (Wildman–Crippen LogP) is 5.29. The largest absolute Gasteiger partial charge is 0.311 e. The lowest BCUT2D eigenvalue weighted by Crippen LogP contribution is -2.20. The molecule has 3 aromatic carbocycles. The van der Waals surface area contributed by atoms with Crippen LogP contribution in [-0.2, 0) is 4.79 Å². The summed E-state index contributed by atoms with van der Waals surface area (Å²) in [7, 11) is 1.83. The molecule has 0 N–H and O–H groups in total. The monoisotopic (exact) mass is 337 g/mol. The van der Waals surface area contributed by atoms with Crippen LogP contribution in [0.25, 0.3) is 17.2 Å². The predicted molar refractivity (Wildman–Crippen MR) is 109 cm³/mol. The zero-order valence-electron chi connectivity index (χ0n) is 14.6. The highest BCUT2D eigenvalue weighted by Gasteiger charge is 2.31. The van der Waals surface area contributed by atoms with Crippen LogP contribution in [0, 0.1) is 0 Å². The minimum absolute atomic E-state index is 0.0303. The number of likely N-dealkylation sites (N-methyl/N-ethyl adjacent to an activating group) is 1. The smallest absolute Gasteiger partial charge is 0.259 e. The highest BCUT2D eigenvalue weighted by molar-refractivity contribution is 6.38. The lowest BCUT2D eigenvalue weighted by atomic mass is 9.94. The third-order valence-corrected chi connectivity index (χ3v) is 4.65. The molecule has 2 heteroatoms. The molecule has 0 aliphatic carbocycles. The van der Waals surface area contributed by atoms with Crippen molar-refractivity contribution >= 4 is 28.8 Å². The summed E-state index contributed by atoms with van der Waals surface area (Å²) in [6.07, 6.45) is 4.11. The first-order valence-electron chi connectivity index (χ1n) is 8.66. The molecule has 1 heterocycles. The maximum Gasteiger partial charge on any atom is 0.259 e. The van der Waals surface area contributed by atoms with E-state index in [1.54, 1.807) is 4.90 Å². The van der Waals surface area contributed by atoms with Gasteiger partial charge in [-0.05, 0) is 22.8 Å². The first-order valence-corrected chi connectivity index (χ1v) is 8.66. The second-order valence-electron chi connectivity index (χ2n) is 6.28. The molecule has 1 aliphatic heterocycles. The summed E-state index contributed by atoms with van der Waals surface area (Å²) < 4.78 is 0. The standard InChI is InChI=1S/C24H19NO/c1-25-22-15-9-8-14-21(22)23(24(25)26)20(19-12-6-3-7-13-19)17-16-18-10-4-2-5-11-18/h2-17H,1H3/b17-16+,23-20-. The van der Waals surface area contributed by atoms with Gasteiger partial charge in [0.2, 0.25) is 0 Å². The van der Waals surface area contributed by atoms with E-state index in [0.29, 0.717) is 0 Å². The zero-order chi connectivity index (χ0) is 17.9. The van der Waals surface area contributed by atoms with Crippen LogP contribution in [0.5, 0.6) is 0 Å². The van der Waals surface area contributed by atoms with Crippen molar-refractivity contribution in [1.82, 2.24) is 0 Å². The molecule has 126 valence electrons. The molecule has 2 nitrogen and oxygen atoms in total. The number of benzene rings is 3. The molecule has 0 bridgehead atoms. The quantitative estimate of drug-likeness (QED) is 0.595. The number of amides is 1. The highest BCUT2D eigenvalue weighted by atomic mass is 16.2. The van der Waals surface area contributed by atoms with Crippen molar-refractivity contribution in [1.29, 1.82) is 0 Å². The van der Waals surface area contributed by atoms with E-state index in [0.717, 1.165) is 33.5 Å². The summed E-state index contributed by atoms with van der Waals surface area (Å²) in [4.78, 5) is 14.7. The van der Waals surface area contributed by atoms with Gasteiger partial charge in [0, 0.05) is 12.6 Å². The van der Waals surface area contributed by atoms with Gasteiger partial charge >= 0.3 is 0 Å². The summed E-state index contributed by atoms with van der Waals surface area (Å²) in [6, 6.07) is 28.2. The van der Waals surface area contributed by atoms with Crippen LogP contribution in [-0.4, -0.2) is 13.0 Å². The maximum absolute atomic E-state index is 13.0. The average Bonchev–Trinajstić information content (AvgIpc) is 2.95. The fourth-order valence-corrected chi connectivity index (χ4v) is 3.32. The molecule has 0 aromatic heterocycles. The number of hydrogen-bond donors (Lipinski definition) is 0. The first kappa shape index (κ1) is 16.1. The molecule has 0 radical (unpaired) electrons. The van der Waals surface area contributed by atoms with Crippen LogP contribution >= 0.6 is 0 Å². The van der Waals surface area contributed by atoms with E-state index in [2.05, 4.69) is 18.2 Å². The molecular formula is C24H19NO. The Hall–Kier alpha value is -3.39. The molecule has 26 heavy (non-hydrogen) atoms. The van der Waals surface area contributed by atoms with Crippen LogP contribution in [0.3, 0.4) is 0 Å². The van der Waals surface area contributed by atoms with Gasteiger partial charge in [0.25, 0.3) is 5.91 Å². The Morgan fingerprint density at radius 2 is 1.42 bits per heavy atom. The molecule has 0 spiro atoms. The minimum Gasteiger partial charge on any atom is -0.311 e. The summed E-state index contributed by atoms with van der Waals surface area (Å²) in [5.74, 6) is 0.0303. The fraction of sp³-hybridized carbons (Fsp3) is 0.0417. The van der Waals surface area contributed by atoms with Gasteiger partial charge in [0.1, 0.15) is 0 Å². The average molecular weight is 337 g/mol. The van der Waals surface area contributed by atoms with Gasteiger partial charge in [-0.25, -0.2) is 0 Å². The summed E-state index contributed by atoms with van der Waals surface area (Å²) in [5, 5.41) is 0. The van der Waals surface area contributed by atoms with Gasteiger partial charge in [-0.15, -0.1) is 0 Å². The number of para-hydroxylation sites is 1. The lowest BCUT2D eigenvalue weighted by molar-refractivity contribution is -0.112. The van der Waals surface area contributed by atoms with Crippen molar-refractivity contribution in [3.8, 4) is 0 Å². The van der Waals surface area contributed by atoms with Crippen LogP contribution in [0.4, 0.5) is 5.69 Å². The third kappa shape index (κ3) is 2.86. The number of carbonyl (C=O) groups excluding carboxylic acids is 1. The Kier molecular flexibility index (Phi) is 4.24. The van der Waals surface area contributed by atoms with Crippen LogP contribution in [0.15, 0.2) is 91.0 Å². The zero-order valence-corrected chi connectivity index (χ0v) is 14.6. The SMILES string of the molecule is CN1C(=O)/C(=C(/C=C/c2ccccc2)c2ccccc2)c2ccccc21. The molecule has 3 aromatic rings. The van der Waals surface area contributed by atoms with Crippen molar-refractivity contribution in [2.24, 2.45) is 0 Å². The Labute approximate surface area is 153 Å². The topological polar surface area (TPSA) is 20.3 Å². The first-order chi connectivity index (χ1) is 12.8. The Bertz CT molecular complexity index is 1000. The molecule has 0 saturated carbocycles. The minimum atomic E-state index is 0.0303. The second-order valence-corrected chi connectivity index (χ2v) is 6.28. The van der Waals surface area contributed by atoms with Gasteiger partial charge in [-0.2, -0.15) is 0 Å². The van der Waals surface area contributed by atoms with Crippen molar-refractivity contribution in [3.05, 3.63) is 108 Å². The van der Waals surface area contributed by atoms with Crippen molar-refractivity contribution in [2.75, 3.05) is 11.9 Å². The fourth-order valence-electron chi connectivity index (χ4n) is 3.32. The lowest BCUT2D eigenvalue weighted by Gasteiger charge is -2.09. The Balaban J connectivity index is 1.93. The summed E-state index contributed by atoms with van der Waals surface area (Å²) in [5.41, 5.74) is 5.77. The number of fused-ring (bicyclic) bond motifs is 1.